The second kappa shape index (κ2) is 6.91. The van der Waals surface area contributed by atoms with Crippen molar-refractivity contribution in [1.29, 1.82) is 0 Å². The maximum Gasteiger partial charge on any atom is 0.124 e. The Balaban J connectivity index is 1.85. The highest BCUT2D eigenvalue weighted by Crippen LogP contribution is 2.35. The van der Waals surface area contributed by atoms with E-state index in [4.69, 9.17) is 9.73 Å². The summed E-state index contributed by atoms with van der Waals surface area (Å²) in [6.45, 7) is 0.252. The van der Waals surface area contributed by atoms with Gasteiger partial charge < -0.3 is 9.84 Å². The van der Waals surface area contributed by atoms with Gasteiger partial charge in [-0.05, 0) is 6.07 Å². The van der Waals surface area contributed by atoms with E-state index < -0.39 is 6.10 Å². The number of aliphatic imine (C=N–C) groups is 1. The lowest BCUT2D eigenvalue weighted by Gasteiger charge is -2.28. The van der Waals surface area contributed by atoms with Crippen LogP contribution in [0.2, 0.25) is 0 Å². The lowest BCUT2D eigenvalue weighted by atomic mass is 9.96. The fourth-order valence-corrected chi connectivity index (χ4v) is 3.13. The van der Waals surface area contributed by atoms with Gasteiger partial charge in [0.25, 0.3) is 0 Å². The number of para-hydroxylation sites is 1. The first-order chi connectivity index (χ1) is 12.3. The van der Waals surface area contributed by atoms with Crippen molar-refractivity contribution in [3.8, 4) is 5.75 Å². The van der Waals surface area contributed by atoms with Crippen LogP contribution in [0.15, 0.2) is 89.9 Å². The van der Waals surface area contributed by atoms with Crippen LogP contribution in [0.4, 0.5) is 0 Å². The number of hydrogen-bond acceptors (Lipinski definition) is 3. The van der Waals surface area contributed by atoms with E-state index in [1.165, 1.54) is 0 Å². The van der Waals surface area contributed by atoms with Crippen LogP contribution in [-0.2, 0) is 0 Å². The lowest BCUT2D eigenvalue weighted by molar-refractivity contribution is 0.0687. The highest BCUT2D eigenvalue weighted by molar-refractivity contribution is 6.13. The largest absolute Gasteiger partial charge is 0.490 e. The molecule has 0 aliphatic carbocycles. The van der Waals surface area contributed by atoms with Crippen LogP contribution in [0.1, 0.15) is 22.7 Å². The normalized spacial score (nSPS) is 18.8. The lowest BCUT2D eigenvalue weighted by Crippen LogP contribution is -2.30. The molecule has 0 fully saturated rings. The summed E-state index contributed by atoms with van der Waals surface area (Å²) in [5, 5.41) is 10.5. The van der Waals surface area contributed by atoms with E-state index >= 15 is 0 Å². The SMILES string of the molecule is O[C@H]1COc2ccccc2[C@@H]1N=C(c1ccccc1)c1ccccc1. The summed E-state index contributed by atoms with van der Waals surface area (Å²) >= 11 is 0. The summed E-state index contributed by atoms with van der Waals surface area (Å²) in [4.78, 5) is 4.99. The molecule has 25 heavy (non-hydrogen) atoms. The highest BCUT2D eigenvalue weighted by Gasteiger charge is 2.29. The summed E-state index contributed by atoms with van der Waals surface area (Å²) in [5.74, 6) is 0.794. The monoisotopic (exact) mass is 329 g/mol. The number of ether oxygens (including phenoxy) is 1. The van der Waals surface area contributed by atoms with E-state index in [9.17, 15) is 5.11 Å². The number of fused-ring (bicyclic) bond motifs is 1. The summed E-state index contributed by atoms with van der Waals surface area (Å²) < 4.78 is 5.64. The van der Waals surface area contributed by atoms with E-state index in [1.54, 1.807) is 0 Å². The van der Waals surface area contributed by atoms with Gasteiger partial charge in [0.1, 0.15) is 24.5 Å². The summed E-state index contributed by atoms with van der Waals surface area (Å²) in [6, 6.07) is 27.6. The number of hydrogen-bond donors (Lipinski definition) is 1. The first kappa shape index (κ1) is 15.6. The molecular formula is C22H19NO2. The molecule has 3 aromatic carbocycles. The fraction of sp³-hybridized carbons (Fsp3) is 0.136. The molecule has 4 rings (SSSR count). The Morgan fingerprint density at radius 1 is 0.800 bits per heavy atom. The molecule has 0 saturated heterocycles. The van der Waals surface area contributed by atoms with Crippen LogP contribution in [-0.4, -0.2) is 23.5 Å². The number of aliphatic hydroxyl groups is 1. The molecule has 0 bridgehead atoms. The van der Waals surface area contributed by atoms with Gasteiger partial charge in [-0.3, -0.25) is 4.99 Å². The van der Waals surface area contributed by atoms with Crippen molar-refractivity contribution < 1.29 is 9.84 Å². The molecule has 0 spiro atoms. The predicted octanol–water partition coefficient (Wildman–Crippen LogP) is 4.02. The van der Waals surface area contributed by atoms with Crippen molar-refractivity contribution in [3.05, 3.63) is 102 Å². The highest BCUT2D eigenvalue weighted by atomic mass is 16.5. The van der Waals surface area contributed by atoms with Crippen LogP contribution in [0.5, 0.6) is 5.75 Å². The topological polar surface area (TPSA) is 41.8 Å². The van der Waals surface area contributed by atoms with E-state index in [0.29, 0.717) is 0 Å². The van der Waals surface area contributed by atoms with Crippen LogP contribution >= 0.6 is 0 Å². The molecule has 0 amide bonds. The molecule has 1 N–H and O–H groups in total. The minimum Gasteiger partial charge on any atom is -0.490 e. The Bertz CT molecular complexity index is 833. The molecule has 1 aliphatic rings. The van der Waals surface area contributed by atoms with Crippen LogP contribution in [0.3, 0.4) is 0 Å². The van der Waals surface area contributed by atoms with Crippen molar-refractivity contribution in [2.24, 2.45) is 4.99 Å². The Morgan fingerprint density at radius 3 is 2.00 bits per heavy atom. The Kier molecular flexibility index (Phi) is 4.32. The van der Waals surface area contributed by atoms with Gasteiger partial charge in [0, 0.05) is 16.7 Å². The van der Waals surface area contributed by atoms with Crippen molar-refractivity contribution in [1.82, 2.24) is 0 Å². The molecule has 0 aromatic heterocycles. The van der Waals surface area contributed by atoms with Gasteiger partial charge in [0.05, 0.1) is 5.71 Å². The smallest absolute Gasteiger partial charge is 0.124 e. The zero-order valence-electron chi connectivity index (χ0n) is 13.7. The summed E-state index contributed by atoms with van der Waals surface area (Å²) in [5.41, 5.74) is 3.86. The minimum atomic E-state index is -0.669. The van der Waals surface area contributed by atoms with Gasteiger partial charge in [0.15, 0.2) is 0 Å². The second-order valence-corrected chi connectivity index (χ2v) is 6.07. The van der Waals surface area contributed by atoms with Crippen LogP contribution in [0, 0.1) is 0 Å². The predicted molar refractivity (Wildman–Crippen MR) is 99.2 cm³/mol. The van der Waals surface area contributed by atoms with E-state index in [2.05, 4.69) is 0 Å². The standard InChI is InChI=1S/C22H19NO2/c24-19-15-25-20-14-8-7-13-18(20)22(19)23-21(16-9-3-1-4-10-16)17-11-5-2-6-12-17/h1-14,19,22,24H,15H2/t19-,22-/m0/s1. The van der Waals surface area contributed by atoms with Gasteiger partial charge in [-0.2, -0.15) is 0 Å². The molecule has 3 heteroatoms. The number of rotatable bonds is 3. The van der Waals surface area contributed by atoms with Crippen LogP contribution in [0.25, 0.3) is 0 Å². The second-order valence-electron chi connectivity index (χ2n) is 6.07. The van der Waals surface area contributed by atoms with Crippen molar-refractivity contribution in [2.45, 2.75) is 12.1 Å². The van der Waals surface area contributed by atoms with Gasteiger partial charge >= 0.3 is 0 Å². The van der Waals surface area contributed by atoms with E-state index in [1.807, 2.05) is 84.9 Å². The van der Waals surface area contributed by atoms with Gasteiger partial charge in [0.2, 0.25) is 0 Å². The molecular weight excluding hydrogens is 310 g/mol. The molecule has 2 atom stereocenters. The molecule has 1 heterocycles. The van der Waals surface area contributed by atoms with E-state index in [-0.39, 0.29) is 12.6 Å². The van der Waals surface area contributed by atoms with Crippen molar-refractivity contribution >= 4 is 5.71 Å². The van der Waals surface area contributed by atoms with Crippen LogP contribution < -0.4 is 4.74 Å². The third kappa shape index (κ3) is 3.19. The Hall–Kier alpha value is -2.91. The first-order valence-corrected chi connectivity index (χ1v) is 8.41. The first-order valence-electron chi connectivity index (χ1n) is 8.41. The third-order valence-corrected chi connectivity index (χ3v) is 4.37. The molecule has 0 radical (unpaired) electrons. The molecule has 3 nitrogen and oxygen atoms in total. The molecule has 0 saturated carbocycles. The molecule has 1 aliphatic heterocycles. The quantitative estimate of drug-likeness (QED) is 0.738. The van der Waals surface area contributed by atoms with E-state index in [0.717, 1.165) is 28.2 Å². The van der Waals surface area contributed by atoms with Crippen molar-refractivity contribution in [2.75, 3.05) is 6.61 Å². The zero-order chi connectivity index (χ0) is 17.1. The zero-order valence-corrected chi connectivity index (χ0v) is 13.7. The van der Waals surface area contributed by atoms with Gasteiger partial charge in [-0.15, -0.1) is 0 Å². The Labute approximate surface area is 147 Å². The average molecular weight is 329 g/mol. The summed E-state index contributed by atoms with van der Waals surface area (Å²) in [7, 11) is 0. The molecule has 3 aromatic rings. The molecule has 124 valence electrons. The number of nitrogens with zero attached hydrogens (tertiary/aromatic N) is 1. The van der Waals surface area contributed by atoms with Gasteiger partial charge in [-0.1, -0.05) is 78.9 Å². The third-order valence-electron chi connectivity index (χ3n) is 4.37. The maximum absolute atomic E-state index is 10.5. The molecule has 0 unspecified atom stereocenters. The van der Waals surface area contributed by atoms with Crippen molar-refractivity contribution in [3.63, 3.8) is 0 Å². The minimum absolute atomic E-state index is 0.252. The number of aliphatic hydroxyl groups excluding tert-OH is 1. The fourth-order valence-electron chi connectivity index (χ4n) is 3.13. The average Bonchev–Trinajstić information content (AvgIpc) is 2.69. The van der Waals surface area contributed by atoms with Gasteiger partial charge in [-0.25, -0.2) is 0 Å². The summed E-state index contributed by atoms with van der Waals surface area (Å²) in [6.07, 6.45) is -0.669. The Morgan fingerprint density at radius 2 is 1.36 bits per heavy atom. The number of benzene rings is 3. The maximum atomic E-state index is 10.5.